The van der Waals surface area contributed by atoms with E-state index in [-0.39, 0.29) is 23.3 Å². The lowest BCUT2D eigenvalue weighted by atomic mass is 9.93. The molecule has 1 fully saturated rings. The number of aryl methyl sites for hydroxylation is 1. The Bertz CT molecular complexity index is 1310. The quantitative estimate of drug-likeness (QED) is 0.165. The first kappa shape index (κ1) is 29.0. The van der Waals surface area contributed by atoms with Crippen LogP contribution in [0.4, 0.5) is 9.18 Å². The minimum absolute atomic E-state index is 0.100. The van der Waals surface area contributed by atoms with Crippen LogP contribution >= 0.6 is 11.6 Å². The summed E-state index contributed by atoms with van der Waals surface area (Å²) in [6.07, 6.45) is 0.446. The second kappa shape index (κ2) is 12.5. The van der Waals surface area contributed by atoms with E-state index in [1.54, 1.807) is 18.2 Å². The van der Waals surface area contributed by atoms with E-state index in [0.717, 1.165) is 40.7 Å². The number of hydrogen-bond donors (Lipinski definition) is 3. The highest BCUT2D eigenvalue weighted by molar-refractivity contribution is 6.30. The van der Waals surface area contributed by atoms with Gasteiger partial charge >= 0.3 is 6.16 Å². The molecule has 1 aliphatic carbocycles. The van der Waals surface area contributed by atoms with Crippen molar-refractivity contribution in [1.82, 2.24) is 5.32 Å². The van der Waals surface area contributed by atoms with E-state index < -0.39 is 18.1 Å². The lowest BCUT2D eigenvalue weighted by molar-refractivity contribution is -0.0209. The highest BCUT2D eigenvalue weighted by Crippen LogP contribution is 2.46. The zero-order chi connectivity index (χ0) is 28.2. The number of hydrogen-bond acceptors (Lipinski definition) is 5. The average Bonchev–Trinajstić information content (AvgIpc) is 3.72. The maximum Gasteiger partial charge on any atom is 0.511 e. The molecule has 1 unspecified atom stereocenters. The molecule has 0 amide bonds. The molecule has 6 nitrogen and oxygen atoms in total. The van der Waals surface area contributed by atoms with Gasteiger partial charge in [-0.1, -0.05) is 48.0 Å². The van der Waals surface area contributed by atoms with Gasteiger partial charge in [0.25, 0.3) is 0 Å². The summed E-state index contributed by atoms with van der Waals surface area (Å²) >= 11 is 5.80. The second-order valence-corrected chi connectivity index (χ2v) is 11.3. The first-order valence-electron chi connectivity index (χ1n) is 13.1. The molecule has 0 radical (unpaired) electrons. The van der Waals surface area contributed by atoms with Gasteiger partial charge in [-0.2, -0.15) is 0 Å². The Morgan fingerprint density at radius 2 is 1.90 bits per heavy atom. The fourth-order valence-electron chi connectivity index (χ4n) is 4.80. The van der Waals surface area contributed by atoms with Crippen molar-refractivity contribution in [2.45, 2.75) is 57.8 Å². The lowest BCUT2D eigenvalue weighted by Gasteiger charge is -2.29. The third-order valence-electron chi connectivity index (χ3n) is 6.92. The largest absolute Gasteiger partial charge is 0.511 e. The molecule has 39 heavy (non-hydrogen) atoms. The Labute approximate surface area is 233 Å². The highest BCUT2D eigenvalue weighted by Gasteiger charge is 2.35. The molecule has 1 saturated carbocycles. The van der Waals surface area contributed by atoms with Gasteiger partial charge in [-0.25, -0.2) is 9.18 Å². The highest BCUT2D eigenvalue weighted by atomic mass is 35.5. The maximum absolute atomic E-state index is 13.8. The van der Waals surface area contributed by atoms with Gasteiger partial charge in [-0.3, -0.25) is 0 Å². The Kier molecular flexibility index (Phi) is 9.28. The topological polar surface area (TPSA) is 88.0 Å². The van der Waals surface area contributed by atoms with Gasteiger partial charge < -0.3 is 25.0 Å². The summed E-state index contributed by atoms with van der Waals surface area (Å²) in [5, 5.41) is 23.2. The standard InChI is InChI=1S/C31H35ClFNO5/c1-19-14-22(11-13-28(19)39-30(36)37)24-6-4-5-7-25(24)29(21-9-10-21)38-18-23(35)17-34-31(2,3)16-20-8-12-26(32)27(33)15-20/h4-8,11-15,21,23,29,34-35H,9-10,16-18H2,1-3H3,(H,36,37)/t23-,29?/m1/s1. The summed E-state index contributed by atoms with van der Waals surface area (Å²) in [6, 6.07) is 18.3. The second-order valence-electron chi connectivity index (χ2n) is 10.9. The Morgan fingerprint density at radius 1 is 1.15 bits per heavy atom. The van der Waals surface area contributed by atoms with Crippen LogP contribution in [0.5, 0.6) is 5.75 Å². The van der Waals surface area contributed by atoms with Gasteiger partial charge in [0, 0.05) is 12.1 Å². The third kappa shape index (κ3) is 8.02. The van der Waals surface area contributed by atoms with Crippen LogP contribution in [0.3, 0.4) is 0 Å². The SMILES string of the molecule is Cc1cc(-c2ccccc2C(OC[C@H](O)CNC(C)(C)Cc2ccc(Cl)c(F)c2)C2CC2)ccc1OC(=O)O. The zero-order valence-electron chi connectivity index (χ0n) is 22.4. The molecule has 3 aromatic rings. The predicted molar refractivity (Wildman–Crippen MR) is 150 cm³/mol. The van der Waals surface area contributed by atoms with Crippen LogP contribution < -0.4 is 10.1 Å². The van der Waals surface area contributed by atoms with Gasteiger partial charge in [-0.05, 0) is 98.0 Å². The number of rotatable bonds is 12. The number of β-amino-alcohol motifs (C(OH)–C–C–N with tert-alkyl or cyclic N) is 1. The molecule has 208 valence electrons. The molecular formula is C31H35ClFNO5. The number of aliphatic hydroxyl groups is 1. The number of aliphatic hydroxyl groups excluding tert-OH is 1. The first-order valence-corrected chi connectivity index (χ1v) is 13.5. The Balaban J connectivity index is 1.40. The van der Waals surface area contributed by atoms with E-state index in [0.29, 0.717) is 24.6 Å². The number of ether oxygens (including phenoxy) is 2. The van der Waals surface area contributed by atoms with Crippen molar-refractivity contribution in [2.75, 3.05) is 13.2 Å². The zero-order valence-corrected chi connectivity index (χ0v) is 23.2. The van der Waals surface area contributed by atoms with E-state index in [1.807, 2.05) is 57.2 Å². The molecule has 1 aliphatic rings. The summed E-state index contributed by atoms with van der Waals surface area (Å²) in [7, 11) is 0. The minimum atomic E-state index is -1.34. The average molecular weight is 556 g/mol. The van der Waals surface area contributed by atoms with Gasteiger partial charge in [0.05, 0.1) is 23.8 Å². The van der Waals surface area contributed by atoms with Gasteiger partial charge in [0.2, 0.25) is 0 Å². The van der Waals surface area contributed by atoms with Crippen molar-refractivity contribution in [1.29, 1.82) is 0 Å². The molecule has 0 aromatic heterocycles. The van der Waals surface area contributed by atoms with E-state index in [9.17, 15) is 14.3 Å². The molecule has 0 spiro atoms. The van der Waals surface area contributed by atoms with Crippen molar-refractivity contribution < 1.29 is 28.9 Å². The van der Waals surface area contributed by atoms with E-state index >= 15 is 0 Å². The molecule has 0 bridgehead atoms. The summed E-state index contributed by atoms with van der Waals surface area (Å²) in [5.41, 5.74) is 4.15. The molecule has 0 saturated heterocycles. The number of halogens is 2. The monoisotopic (exact) mass is 555 g/mol. The molecular weight excluding hydrogens is 521 g/mol. The third-order valence-corrected chi connectivity index (χ3v) is 7.22. The number of carbonyl (C=O) groups is 1. The van der Waals surface area contributed by atoms with Crippen LogP contribution in [0.15, 0.2) is 60.7 Å². The Morgan fingerprint density at radius 3 is 2.56 bits per heavy atom. The molecule has 8 heteroatoms. The molecule has 3 N–H and O–H groups in total. The summed E-state index contributed by atoms with van der Waals surface area (Å²) < 4.78 is 25.0. The van der Waals surface area contributed by atoms with Crippen LogP contribution in [-0.4, -0.2) is 41.2 Å². The molecule has 0 aliphatic heterocycles. The van der Waals surface area contributed by atoms with Crippen LogP contribution in [0, 0.1) is 18.7 Å². The number of nitrogens with one attached hydrogen (secondary N) is 1. The molecule has 2 atom stereocenters. The fourth-order valence-corrected chi connectivity index (χ4v) is 4.92. The molecule has 3 aromatic carbocycles. The van der Waals surface area contributed by atoms with Crippen molar-refractivity contribution in [3.05, 3.63) is 88.2 Å². The van der Waals surface area contributed by atoms with E-state index in [2.05, 4.69) is 5.32 Å². The summed E-state index contributed by atoms with van der Waals surface area (Å²) in [4.78, 5) is 11.0. The summed E-state index contributed by atoms with van der Waals surface area (Å²) in [6.45, 7) is 6.31. The van der Waals surface area contributed by atoms with Crippen molar-refractivity contribution >= 4 is 17.8 Å². The fraction of sp³-hybridized carbons (Fsp3) is 0.387. The van der Waals surface area contributed by atoms with Gasteiger partial charge in [0.1, 0.15) is 11.6 Å². The van der Waals surface area contributed by atoms with Gasteiger partial charge in [-0.15, -0.1) is 0 Å². The van der Waals surface area contributed by atoms with Crippen molar-refractivity contribution in [2.24, 2.45) is 5.92 Å². The number of carboxylic acid groups (broad SMARTS) is 1. The van der Waals surface area contributed by atoms with Crippen LogP contribution in [0.25, 0.3) is 11.1 Å². The minimum Gasteiger partial charge on any atom is -0.449 e. The predicted octanol–water partition coefficient (Wildman–Crippen LogP) is 6.95. The smallest absolute Gasteiger partial charge is 0.449 e. The number of benzene rings is 3. The van der Waals surface area contributed by atoms with Crippen LogP contribution in [-0.2, 0) is 11.2 Å². The van der Waals surface area contributed by atoms with E-state index in [1.165, 1.54) is 6.07 Å². The van der Waals surface area contributed by atoms with Crippen LogP contribution in [0.2, 0.25) is 5.02 Å². The van der Waals surface area contributed by atoms with Crippen molar-refractivity contribution in [3.63, 3.8) is 0 Å². The Hall–Kier alpha value is -2.97. The lowest BCUT2D eigenvalue weighted by Crippen LogP contribution is -2.46. The molecule has 0 heterocycles. The van der Waals surface area contributed by atoms with Crippen LogP contribution in [0.1, 0.15) is 49.5 Å². The molecule has 4 rings (SSSR count). The van der Waals surface area contributed by atoms with Gasteiger partial charge in [0.15, 0.2) is 0 Å². The first-order chi connectivity index (χ1) is 18.5. The maximum atomic E-state index is 13.8. The van der Waals surface area contributed by atoms with E-state index in [4.69, 9.17) is 26.2 Å². The normalized spacial score (nSPS) is 15.1. The summed E-state index contributed by atoms with van der Waals surface area (Å²) in [5.74, 6) is 0.237. The van der Waals surface area contributed by atoms with Crippen molar-refractivity contribution in [3.8, 4) is 16.9 Å².